The van der Waals surface area contributed by atoms with Crippen molar-refractivity contribution in [2.75, 3.05) is 13.1 Å². The molecule has 4 heteroatoms. The monoisotopic (exact) mass is 303 g/mol. The fraction of sp³-hybridized carbons (Fsp3) is 0.500. The topological polar surface area (TPSA) is 29.5 Å². The molecule has 118 valence electrons. The Kier molecular flexibility index (Phi) is 4.46. The van der Waals surface area contributed by atoms with E-state index >= 15 is 0 Å². The molecule has 0 N–H and O–H groups in total. The van der Waals surface area contributed by atoms with E-state index in [-0.39, 0.29) is 11.7 Å². The first-order chi connectivity index (χ1) is 10.7. The molecule has 1 heterocycles. The molecule has 1 aliphatic carbocycles. The number of para-hydroxylation sites is 1. The molecule has 1 amide bonds. The van der Waals surface area contributed by atoms with E-state index in [1.165, 1.54) is 6.07 Å². The Labute approximate surface area is 130 Å². The third-order valence-corrected chi connectivity index (χ3v) is 4.68. The minimum Gasteiger partial charge on any atom is -0.478 e. The van der Waals surface area contributed by atoms with Crippen LogP contribution in [0.15, 0.2) is 36.4 Å². The molecule has 1 aromatic carbocycles. The summed E-state index contributed by atoms with van der Waals surface area (Å²) in [5.74, 6) is 0.856. The van der Waals surface area contributed by atoms with Crippen molar-refractivity contribution in [2.45, 2.75) is 32.3 Å². The molecule has 1 aromatic rings. The highest BCUT2D eigenvalue weighted by atomic mass is 19.1. The number of halogens is 1. The molecule has 0 saturated carbocycles. The van der Waals surface area contributed by atoms with Crippen LogP contribution in [0.4, 0.5) is 4.39 Å². The number of carbonyl (C=O) groups excluding carboxylic acids is 1. The molecule has 3 nitrogen and oxygen atoms in total. The van der Waals surface area contributed by atoms with Gasteiger partial charge in [-0.05, 0) is 43.2 Å². The molecular formula is C18H22FNO2. The summed E-state index contributed by atoms with van der Waals surface area (Å²) in [6.07, 6.45) is 6.46. The number of fused-ring (bicyclic) bond motifs is 1. The summed E-state index contributed by atoms with van der Waals surface area (Å²) in [6, 6.07) is 6.25. The van der Waals surface area contributed by atoms with Gasteiger partial charge in [0.1, 0.15) is 0 Å². The number of amides is 1. The van der Waals surface area contributed by atoms with Crippen LogP contribution in [0.3, 0.4) is 0 Å². The summed E-state index contributed by atoms with van der Waals surface area (Å²) in [7, 11) is 0. The predicted octanol–water partition coefficient (Wildman–Crippen LogP) is 3.41. The highest BCUT2D eigenvalue weighted by Gasteiger charge is 2.37. The molecule has 0 spiro atoms. The van der Waals surface area contributed by atoms with Gasteiger partial charge >= 0.3 is 0 Å². The number of carbonyl (C=O) groups is 1. The average Bonchev–Trinajstić information content (AvgIpc) is 2.97. The zero-order valence-corrected chi connectivity index (χ0v) is 12.9. The average molecular weight is 303 g/mol. The second-order valence-electron chi connectivity index (χ2n) is 6.15. The van der Waals surface area contributed by atoms with E-state index in [1.807, 2.05) is 11.8 Å². The molecule has 1 aliphatic heterocycles. The van der Waals surface area contributed by atoms with Gasteiger partial charge in [-0.15, -0.1) is 0 Å². The number of hydrogen-bond acceptors (Lipinski definition) is 2. The van der Waals surface area contributed by atoms with Crippen molar-refractivity contribution in [3.8, 4) is 5.75 Å². The summed E-state index contributed by atoms with van der Waals surface area (Å²) in [5.41, 5.74) is 0. The van der Waals surface area contributed by atoms with Gasteiger partial charge in [-0.25, -0.2) is 4.39 Å². The van der Waals surface area contributed by atoms with Crippen LogP contribution in [0.25, 0.3) is 0 Å². The van der Waals surface area contributed by atoms with Crippen LogP contribution in [-0.4, -0.2) is 30.0 Å². The maximum absolute atomic E-state index is 13.7. The lowest BCUT2D eigenvalue weighted by molar-refractivity contribution is -0.138. The maximum Gasteiger partial charge on any atom is 0.263 e. The summed E-state index contributed by atoms with van der Waals surface area (Å²) in [5, 5.41) is 0. The van der Waals surface area contributed by atoms with Gasteiger partial charge in [-0.3, -0.25) is 4.79 Å². The molecule has 1 fully saturated rings. The van der Waals surface area contributed by atoms with Crippen LogP contribution in [0, 0.1) is 17.7 Å². The molecule has 22 heavy (non-hydrogen) atoms. The number of benzene rings is 1. The number of allylic oxidation sites excluding steroid dienone is 2. The van der Waals surface area contributed by atoms with Crippen molar-refractivity contribution in [3.05, 3.63) is 42.2 Å². The zero-order valence-electron chi connectivity index (χ0n) is 12.9. The van der Waals surface area contributed by atoms with Crippen LogP contribution in [0.1, 0.15) is 26.2 Å². The van der Waals surface area contributed by atoms with Crippen LogP contribution in [-0.2, 0) is 4.79 Å². The second-order valence-corrected chi connectivity index (χ2v) is 6.15. The quantitative estimate of drug-likeness (QED) is 0.798. The molecule has 2 aliphatic rings. The second kappa shape index (κ2) is 6.51. The van der Waals surface area contributed by atoms with Crippen LogP contribution < -0.4 is 4.74 Å². The third-order valence-electron chi connectivity index (χ3n) is 4.68. The van der Waals surface area contributed by atoms with Gasteiger partial charge in [-0.1, -0.05) is 31.2 Å². The molecular weight excluding hydrogens is 281 g/mol. The lowest BCUT2D eigenvalue weighted by atomic mass is 9.86. The van der Waals surface area contributed by atoms with Crippen LogP contribution >= 0.6 is 0 Å². The number of rotatable bonds is 4. The summed E-state index contributed by atoms with van der Waals surface area (Å²) in [4.78, 5) is 14.6. The normalized spacial score (nSPS) is 24.9. The Morgan fingerprint density at radius 1 is 1.27 bits per heavy atom. The van der Waals surface area contributed by atoms with Crippen molar-refractivity contribution in [2.24, 2.45) is 11.8 Å². The number of ether oxygens (including phenoxy) is 1. The molecule has 3 rings (SSSR count). The lowest BCUT2D eigenvalue weighted by Crippen LogP contribution is -2.40. The Morgan fingerprint density at radius 3 is 2.50 bits per heavy atom. The van der Waals surface area contributed by atoms with E-state index in [0.717, 1.165) is 25.9 Å². The minimum absolute atomic E-state index is 0.0137. The van der Waals surface area contributed by atoms with Gasteiger partial charge in [0.25, 0.3) is 5.91 Å². The van der Waals surface area contributed by atoms with Gasteiger partial charge in [-0.2, -0.15) is 0 Å². The smallest absolute Gasteiger partial charge is 0.263 e. The highest BCUT2D eigenvalue weighted by Crippen LogP contribution is 2.33. The Balaban J connectivity index is 1.66. The summed E-state index contributed by atoms with van der Waals surface area (Å²) in [6.45, 7) is 3.49. The van der Waals surface area contributed by atoms with Gasteiger partial charge in [0.05, 0.1) is 0 Å². The number of nitrogens with zero attached hydrogens (tertiary/aromatic N) is 1. The molecule has 0 bridgehead atoms. The van der Waals surface area contributed by atoms with E-state index in [9.17, 15) is 9.18 Å². The summed E-state index contributed by atoms with van der Waals surface area (Å²) < 4.78 is 19.4. The standard InChI is InChI=1S/C18H22FNO2/c1-2-16(22-17-10-6-5-9-15(17)19)18(21)20-11-13-7-3-4-8-14(13)12-20/h3-6,9-10,13-14,16H,2,7-8,11-12H2,1H3/t13-,14-,16+/m1/s1. The molecule has 0 unspecified atom stereocenters. The molecule has 0 aromatic heterocycles. The largest absolute Gasteiger partial charge is 0.478 e. The molecule has 3 atom stereocenters. The highest BCUT2D eigenvalue weighted by molar-refractivity contribution is 5.81. The maximum atomic E-state index is 13.7. The Morgan fingerprint density at radius 2 is 1.91 bits per heavy atom. The molecule has 0 radical (unpaired) electrons. The van der Waals surface area contributed by atoms with Crippen LogP contribution in [0.5, 0.6) is 5.75 Å². The van der Waals surface area contributed by atoms with Crippen molar-refractivity contribution in [3.63, 3.8) is 0 Å². The fourth-order valence-corrected chi connectivity index (χ4v) is 3.40. The summed E-state index contributed by atoms with van der Waals surface area (Å²) >= 11 is 0. The first-order valence-corrected chi connectivity index (χ1v) is 8.04. The number of likely N-dealkylation sites (tertiary alicyclic amines) is 1. The van der Waals surface area contributed by atoms with E-state index < -0.39 is 11.9 Å². The van der Waals surface area contributed by atoms with Gasteiger partial charge in [0, 0.05) is 13.1 Å². The fourth-order valence-electron chi connectivity index (χ4n) is 3.40. The van der Waals surface area contributed by atoms with E-state index in [2.05, 4.69) is 12.2 Å². The van der Waals surface area contributed by atoms with Gasteiger partial charge < -0.3 is 9.64 Å². The number of hydrogen-bond donors (Lipinski definition) is 0. The predicted molar refractivity (Wildman–Crippen MR) is 83.0 cm³/mol. The van der Waals surface area contributed by atoms with Crippen LogP contribution in [0.2, 0.25) is 0 Å². The van der Waals surface area contributed by atoms with Gasteiger partial charge in [0.2, 0.25) is 0 Å². The Bertz CT molecular complexity index is 556. The van der Waals surface area contributed by atoms with Crippen molar-refractivity contribution >= 4 is 5.91 Å². The molecule has 1 saturated heterocycles. The Hall–Kier alpha value is -1.84. The van der Waals surface area contributed by atoms with Crippen molar-refractivity contribution in [1.29, 1.82) is 0 Å². The van der Waals surface area contributed by atoms with E-state index in [1.54, 1.807) is 18.2 Å². The first kappa shape index (κ1) is 15.1. The third kappa shape index (κ3) is 3.01. The van der Waals surface area contributed by atoms with Crippen molar-refractivity contribution in [1.82, 2.24) is 4.90 Å². The first-order valence-electron chi connectivity index (χ1n) is 8.04. The van der Waals surface area contributed by atoms with E-state index in [0.29, 0.717) is 18.3 Å². The van der Waals surface area contributed by atoms with E-state index in [4.69, 9.17) is 4.74 Å². The SMILES string of the molecule is CC[C@H](Oc1ccccc1F)C(=O)N1C[C@H]2CC=CC[C@@H]2C1. The van der Waals surface area contributed by atoms with Gasteiger partial charge in [0.15, 0.2) is 17.7 Å². The minimum atomic E-state index is -0.606. The zero-order chi connectivity index (χ0) is 15.5. The van der Waals surface area contributed by atoms with Crippen molar-refractivity contribution < 1.29 is 13.9 Å². The lowest BCUT2D eigenvalue weighted by Gasteiger charge is -2.23.